The summed E-state index contributed by atoms with van der Waals surface area (Å²) in [5, 5.41) is 3.55. The van der Waals surface area contributed by atoms with Crippen LogP contribution in [-0.4, -0.2) is 56.1 Å². The Morgan fingerprint density at radius 3 is 2.81 bits per heavy atom. The van der Waals surface area contributed by atoms with Crippen LogP contribution in [-0.2, 0) is 0 Å². The van der Waals surface area contributed by atoms with E-state index in [1.165, 1.54) is 57.5 Å². The molecule has 2 heterocycles. The highest BCUT2D eigenvalue weighted by Crippen LogP contribution is 2.26. The summed E-state index contributed by atoms with van der Waals surface area (Å²) in [6.45, 7) is 7.26. The molecule has 2 aliphatic heterocycles. The normalized spacial score (nSPS) is 28.6. The number of likely N-dealkylation sites (N-methyl/N-ethyl adjacent to an activating group) is 1. The van der Waals surface area contributed by atoms with Crippen molar-refractivity contribution in [3.8, 4) is 0 Å². The first kappa shape index (κ1) is 15.0. The molecule has 2 aliphatic rings. The zero-order valence-electron chi connectivity index (χ0n) is 13.3. The van der Waals surface area contributed by atoms with Crippen molar-refractivity contribution in [1.82, 2.24) is 15.1 Å². The van der Waals surface area contributed by atoms with Crippen LogP contribution >= 0.6 is 0 Å². The van der Waals surface area contributed by atoms with E-state index in [0.717, 1.165) is 12.5 Å². The number of nitrogens with one attached hydrogen (secondary N) is 1. The number of piperidine rings is 1. The van der Waals surface area contributed by atoms with E-state index < -0.39 is 0 Å². The minimum Gasteiger partial charge on any atom is -0.316 e. The van der Waals surface area contributed by atoms with Gasteiger partial charge in [0.05, 0.1) is 0 Å². The summed E-state index contributed by atoms with van der Waals surface area (Å²) < 4.78 is 0. The molecule has 21 heavy (non-hydrogen) atoms. The molecule has 2 atom stereocenters. The van der Waals surface area contributed by atoms with Gasteiger partial charge in [-0.15, -0.1) is 0 Å². The van der Waals surface area contributed by atoms with E-state index in [4.69, 9.17) is 0 Å². The molecule has 116 valence electrons. The predicted octanol–water partition coefficient (Wildman–Crippen LogP) is 2.36. The molecule has 0 spiro atoms. The van der Waals surface area contributed by atoms with Gasteiger partial charge in [0.25, 0.3) is 0 Å². The maximum absolute atomic E-state index is 3.55. The summed E-state index contributed by atoms with van der Waals surface area (Å²) in [5.74, 6) is 0.884. The van der Waals surface area contributed by atoms with Gasteiger partial charge < -0.3 is 10.2 Å². The molecule has 0 radical (unpaired) electrons. The third-order valence-corrected chi connectivity index (χ3v) is 5.10. The van der Waals surface area contributed by atoms with Crippen molar-refractivity contribution in [2.24, 2.45) is 5.92 Å². The third-order valence-electron chi connectivity index (χ3n) is 5.10. The number of hydrogen-bond donors (Lipinski definition) is 1. The van der Waals surface area contributed by atoms with Crippen molar-refractivity contribution >= 4 is 0 Å². The molecule has 3 heteroatoms. The van der Waals surface area contributed by atoms with E-state index in [0.29, 0.717) is 6.04 Å². The van der Waals surface area contributed by atoms with Crippen molar-refractivity contribution in [2.75, 3.05) is 46.3 Å². The summed E-state index contributed by atoms with van der Waals surface area (Å²) >= 11 is 0. The van der Waals surface area contributed by atoms with E-state index in [-0.39, 0.29) is 0 Å². The second kappa shape index (κ2) is 7.39. The van der Waals surface area contributed by atoms with Crippen LogP contribution in [0.25, 0.3) is 0 Å². The molecule has 0 aliphatic carbocycles. The topological polar surface area (TPSA) is 18.5 Å². The first-order chi connectivity index (χ1) is 10.3. The second-order valence-electron chi connectivity index (χ2n) is 6.73. The monoisotopic (exact) mass is 287 g/mol. The van der Waals surface area contributed by atoms with Gasteiger partial charge in [-0.2, -0.15) is 0 Å². The van der Waals surface area contributed by atoms with Crippen molar-refractivity contribution < 1.29 is 0 Å². The van der Waals surface area contributed by atoms with Crippen LogP contribution in [0.3, 0.4) is 0 Å². The smallest absolute Gasteiger partial charge is 0.0475 e. The van der Waals surface area contributed by atoms with Crippen LogP contribution in [0.4, 0.5) is 0 Å². The zero-order valence-corrected chi connectivity index (χ0v) is 13.3. The summed E-state index contributed by atoms with van der Waals surface area (Å²) in [6, 6.07) is 11.6. The zero-order chi connectivity index (χ0) is 14.5. The van der Waals surface area contributed by atoms with E-state index in [9.17, 15) is 0 Å². The molecule has 1 aromatic rings. The molecular weight excluding hydrogens is 258 g/mol. The van der Waals surface area contributed by atoms with E-state index in [2.05, 4.69) is 52.5 Å². The van der Waals surface area contributed by atoms with Crippen LogP contribution in [0.2, 0.25) is 0 Å². The van der Waals surface area contributed by atoms with E-state index in [1.54, 1.807) is 0 Å². The Balaban J connectivity index is 1.61. The highest BCUT2D eigenvalue weighted by molar-refractivity contribution is 5.20. The molecule has 3 rings (SSSR count). The average molecular weight is 287 g/mol. The lowest BCUT2D eigenvalue weighted by molar-refractivity contribution is 0.0828. The Morgan fingerprint density at radius 2 is 2.05 bits per heavy atom. The van der Waals surface area contributed by atoms with Crippen LogP contribution in [0, 0.1) is 5.92 Å². The van der Waals surface area contributed by atoms with Crippen molar-refractivity contribution in [1.29, 1.82) is 0 Å². The Hall–Kier alpha value is -0.900. The summed E-state index contributed by atoms with van der Waals surface area (Å²) in [5.41, 5.74) is 1.48. The predicted molar refractivity (Wildman–Crippen MR) is 88.5 cm³/mol. The van der Waals surface area contributed by atoms with E-state index in [1.807, 2.05) is 0 Å². The molecule has 2 saturated heterocycles. The standard InChI is InChI=1S/C18H29N3/c1-20-12-13-21(11-9-16-6-5-10-19-14-16)18(15-20)17-7-3-2-4-8-17/h2-4,7-8,16,18-19H,5-6,9-15H2,1H3. The largest absolute Gasteiger partial charge is 0.316 e. The SMILES string of the molecule is CN1CCN(CCC2CCCNC2)C(c2ccccc2)C1. The Morgan fingerprint density at radius 1 is 1.19 bits per heavy atom. The first-order valence-corrected chi connectivity index (χ1v) is 8.51. The first-order valence-electron chi connectivity index (χ1n) is 8.51. The number of hydrogen-bond acceptors (Lipinski definition) is 3. The van der Waals surface area contributed by atoms with Crippen LogP contribution in [0.15, 0.2) is 30.3 Å². The van der Waals surface area contributed by atoms with Gasteiger partial charge in [-0.1, -0.05) is 30.3 Å². The van der Waals surface area contributed by atoms with Crippen LogP contribution < -0.4 is 5.32 Å². The fourth-order valence-corrected chi connectivity index (χ4v) is 3.73. The lowest BCUT2D eigenvalue weighted by Crippen LogP contribution is -2.47. The van der Waals surface area contributed by atoms with Gasteiger partial charge in [0.2, 0.25) is 0 Å². The highest BCUT2D eigenvalue weighted by atomic mass is 15.3. The van der Waals surface area contributed by atoms with Crippen molar-refractivity contribution in [3.05, 3.63) is 35.9 Å². The number of piperazine rings is 1. The van der Waals surface area contributed by atoms with Gasteiger partial charge >= 0.3 is 0 Å². The minimum atomic E-state index is 0.571. The lowest BCUT2D eigenvalue weighted by atomic mass is 9.95. The molecule has 2 fully saturated rings. The Bertz CT molecular complexity index is 414. The van der Waals surface area contributed by atoms with Gasteiger partial charge in [-0.3, -0.25) is 4.90 Å². The van der Waals surface area contributed by atoms with Gasteiger partial charge in [0, 0.05) is 25.7 Å². The summed E-state index contributed by atoms with van der Waals surface area (Å²) in [4.78, 5) is 5.18. The summed E-state index contributed by atoms with van der Waals surface area (Å²) in [6.07, 6.45) is 4.12. The molecule has 3 nitrogen and oxygen atoms in total. The molecule has 0 aromatic heterocycles. The summed E-state index contributed by atoms with van der Waals surface area (Å²) in [7, 11) is 2.25. The van der Waals surface area contributed by atoms with Crippen LogP contribution in [0.1, 0.15) is 30.9 Å². The molecule has 2 unspecified atom stereocenters. The lowest BCUT2D eigenvalue weighted by Gasteiger charge is -2.41. The Labute approximate surface area is 129 Å². The fraction of sp³-hybridized carbons (Fsp3) is 0.667. The second-order valence-corrected chi connectivity index (χ2v) is 6.73. The number of benzene rings is 1. The van der Waals surface area contributed by atoms with E-state index >= 15 is 0 Å². The van der Waals surface area contributed by atoms with Crippen molar-refractivity contribution in [3.63, 3.8) is 0 Å². The van der Waals surface area contributed by atoms with Gasteiger partial charge in [-0.05, 0) is 57.4 Å². The quantitative estimate of drug-likeness (QED) is 0.917. The number of nitrogens with zero attached hydrogens (tertiary/aromatic N) is 2. The fourth-order valence-electron chi connectivity index (χ4n) is 3.73. The molecule has 1 aromatic carbocycles. The number of rotatable bonds is 4. The van der Waals surface area contributed by atoms with Crippen LogP contribution in [0.5, 0.6) is 0 Å². The average Bonchev–Trinajstić information content (AvgIpc) is 2.55. The van der Waals surface area contributed by atoms with Gasteiger partial charge in [0.15, 0.2) is 0 Å². The minimum absolute atomic E-state index is 0.571. The third kappa shape index (κ3) is 4.06. The van der Waals surface area contributed by atoms with Crippen molar-refractivity contribution in [2.45, 2.75) is 25.3 Å². The molecule has 0 saturated carbocycles. The highest BCUT2D eigenvalue weighted by Gasteiger charge is 2.27. The molecular formula is C18H29N3. The van der Waals surface area contributed by atoms with Gasteiger partial charge in [0.1, 0.15) is 0 Å². The maximum Gasteiger partial charge on any atom is 0.0475 e. The Kier molecular flexibility index (Phi) is 5.28. The molecule has 0 bridgehead atoms. The molecule has 0 amide bonds. The molecule has 1 N–H and O–H groups in total. The maximum atomic E-state index is 3.55. The van der Waals surface area contributed by atoms with Gasteiger partial charge in [-0.25, -0.2) is 0 Å².